The molecule has 5 heteroatoms. The number of hydrogen-bond donors (Lipinski definition) is 2. The molecule has 0 atom stereocenters. The van der Waals surface area contributed by atoms with E-state index in [2.05, 4.69) is 4.98 Å². The maximum absolute atomic E-state index is 12.4. The summed E-state index contributed by atoms with van der Waals surface area (Å²) >= 11 is 0. The molecular formula is C14H16N2O3. The Morgan fingerprint density at radius 2 is 2.11 bits per heavy atom. The number of aliphatic hydroxyl groups is 1. The van der Waals surface area contributed by atoms with Crippen LogP contribution in [-0.2, 0) is 0 Å². The zero-order chi connectivity index (χ0) is 13.8. The number of hydrogen-bond acceptors (Lipinski definition) is 3. The van der Waals surface area contributed by atoms with Crippen molar-refractivity contribution in [1.29, 1.82) is 0 Å². The van der Waals surface area contributed by atoms with Gasteiger partial charge in [0, 0.05) is 30.1 Å². The highest BCUT2D eigenvalue weighted by molar-refractivity contribution is 6.05. The standard InChI is InChI=1S/C14H16N2O3/c1-2-16(7-8-17)14(19)11-9-13(18)15-12-6-4-3-5-10(11)12/h3-6,9,17H,2,7-8H2,1H3,(H,15,18). The van der Waals surface area contributed by atoms with Crippen LogP contribution in [0.25, 0.3) is 10.9 Å². The molecule has 2 N–H and O–H groups in total. The third-order valence-corrected chi connectivity index (χ3v) is 3.02. The number of amides is 1. The Labute approximate surface area is 110 Å². The molecule has 1 amide bonds. The first-order valence-electron chi connectivity index (χ1n) is 6.19. The fourth-order valence-electron chi connectivity index (χ4n) is 2.08. The molecule has 0 bridgehead atoms. The Bertz CT molecular complexity index is 648. The van der Waals surface area contributed by atoms with E-state index in [0.29, 0.717) is 23.0 Å². The Kier molecular flexibility index (Phi) is 3.97. The number of para-hydroxylation sites is 1. The predicted octanol–water partition coefficient (Wildman–Crippen LogP) is 0.982. The molecule has 1 aromatic carbocycles. The largest absolute Gasteiger partial charge is 0.395 e. The highest BCUT2D eigenvalue weighted by Gasteiger charge is 2.17. The average molecular weight is 260 g/mol. The van der Waals surface area contributed by atoms with Crippen molar-refractivity contribution in [2.45, 2.75) is 6.92 Å². The lowest BCUT2D eigenvalue weighted by Crippen LogP contribution is -2.34. The molecule has 19 heavy (non-hydrogen) atoms. The fourth-order valence-corrected chi connectivity index (χ4v) is 2.08. The Morgan fingerprint density at radius 1 is 1.37 bits per heavy atom. The Hall–Kier alpha value is -2.14. The van der Waals surface area contributed by atoms with Gasteiger partial charge in [0.1, 0.15) is 0 Å². The molecule has 0 saturated heterocycles. The molecule has 1 heterocycles. The van der Waals surface area contributed by atoms with Crippen molar-refractivity contribution in [2.24, 2.45) is 0 Å². The number of aliphatic hydroxyl groups excluding tert-OH is 1. The van der Waals surface area contributed by atoms with Gasteiger partial charge >= 0.3 is 0 Å². The molecule has 0 saturated carbocycles. The highest BCUT2D eigenvalue weighted by atomic mass is 16.3. The highest BCUT2D eigenvalue weighted by Crippen LogP contribution is 2.16. The van der Waals surface area contributed by atoms with Gasteiger partial charge in [-0.15, -0.1) is 0 Å². The number of nitrogens with zero attached hydrogens (tertiary/aromatic N) is 1. The van der Waals surface area contributed by atoms with Crippen LogP contribution in [0.1, 0.15) is 17.3 Å². The minimum Gasteiger partial charge on any atom is -0.395 e. The SMILES string of the molecule is CCN(CCO)C(=O)c1cc(=O)[nH]c2ccccc12. The molecule has 0 fully saturated rings. The molecule has 0 spiro atoms. The van der Waals surface area contributed by atoms with Crippen molar-refractivity contribution >= 4 is 16.8 Å². The van der Waals surface area contributed by atoms with Gasteiger partial charge in [0.05, 0.1) is 12.2 Å². The number of carbonyl (C=O) groups excluding carboxylic acids is 1. The molecule has 0 unspecified atom stereocenters. The van der Waals surface area contributed by atoms with Gasteiger partial charge in [-0.2, -0.15) is 0 Å². The normalized spacial score (nSPS) is 10.6. The maximum atomic E-state index is 12.4. The van der Waals surface area contributed by atoms with E-state index in [1.165, 1.54) is 11.0 Å². The van der Waals surface area contributed by atoms with Crippen molar-refractivity contribution in [2.75, 3.05) is 19.7 Å². The third kappa shape index (κ3) is 2.66. The summed E-state index contributed by atoms with van der Waals surface area (Å²) in [4.78, 5) is 28.2. The fraction of sp³-hybridized carbons (Fsp3) is 0.286. The topological polar surface area (TPSA) is 73.4 Å². The summed E-state index contributed by atoms with van der Waals surface area (Å²) in [6.07, 6.45) is 0. The number of benzene rings is 1. The number of H-pyrrole nitrogens is 1. The summed E-state index contributed by atoms with van der Waals surface area (Å²) in [5, 5.41) is 9.68. The van der Waals surface area contributed by atoms with Crippen LogP contribution in [0.3, 0.4) is 0 Å². The molecule has 2 rings (SSSR count). The lowest BCUT2D eigenvalue weighted by atomic mass is 10.1. The van der Waals surface area contributed by atoms with Gasteiger partial charge < -0.3 is 15.0 Å². The van der Waals surface area contributed by atoms with E-state index in [-0.39, 0.29) is 24.6 Å². The van der Waals surface area contributed by atoms with Gasteiger partial charge in [0.25, 0.3) is 5.91 Å². The number of nitrogens with one attached hydrogen (secondary N) is 1. The van der Waals surface area contributed by atoms with E-state index in [9.17, 15) is 9.59 Å². The van der Waals surface area contributed by atoms with Gasteiger partial charge in [-0.25, -0.2) is 0 Å². The van der Waals surface area contributed by atoms with Crippen LogP contribution < -0.4 is 5.56 Å². The summed E-state index contributed by atoms with van der Waals surface area (Å²) in [6.45, 7) is 2.49. The molecule has 100 valence electrons. The molecule has 0 aliphatic carbocycles. The summed E-state index contributed by atoms with van der Waals surface area (Å²) in [7, 11) is 0. The number of aromatic nitrogens is 1. The van der Waals surface area contributed by atoms with Crippen LogP contribution in [0.2, 0.25) is 0 Å². The van der Waals surface area contributed by atoms with Gasteiger partial charge in [-0.3, -0.25) is 9.59 Å². The van der Waals surface area contributed by atoms with Crippen LogP contribution in [0.15, 0.2) is 35.1 Å². The van der Waals surface area contributed by atoms with Crippen molar-refractivity contribution < 1.29 is 9.90 Å². The van der Waals surface area contributed by atoms with E-state index in [4.69, 9.17) is 5.11 Å². The van der Waals surface area contributed by atoms with Gasteiger partial charge in [0.15, 0.2) is 0 Å². The van der Waals surface area contributed by atoms with E-state index in [1.54, 1.807) is 18.2 Å². The van der Waals surface area contributed by atoms with E-state index < -0.39 is 0 Å². The molecule has 0 radical (unpaired) electrons. The number of aromatic amines is 1. The maximum Gasteiger partial charge on any atom is 0.254 e. The summed E-state index contributed by atoms with van der Waals surface area (Å²) < 4.78 is 0. The zero-order valence-corrected chi connectivity index (χ0v) is 10.7. The van der Waals surface area contributed by atoms with Crippen molar-refractivity contribution in [3.8, 4) is 0 Å². The number of pyridine rings is 1. The molecule has 1 aromatic heterocycles. The predicted molar refractivity (Wildman–Crippen MR) is 73.2 cm³/mol. The van der Waals surface area contributed by atoms with E-state index in [0.717, 1.165) is 0 Å². The summed E-state index contributed by atoms with van der Waals surface area (Å²) in [6, 6.07) is 8.49. The van der Waals surface area contributed by atoms with Crippen LogP contribution in [0, 0.1) is 0 Å². The van der Waals surface area contributed by atoms with Crippen LogP contribution in [0.5, 0.6) is 0 Å². The van der Waals surface area contributed by atoms with Crippen LogP contribution in [-0.4, -0.2) is 40.6 Å². The molecule has 2 aromatic rings. The van der Waals surface area contributed by atoms with Crippen molar-refractivity contribution in [1.82, 2.24) is 9.88 Å². The zero-order valence-electron chi connectivity index (χ0n) is 10.7. The molecule has 5 nitrogen and oxygen atoms in total. The first-order valence-corrected chi connectivity index (χ1v) is 6.19. The number of fused-ring (bicyclic) bond motifs is 1. The Balaban J connectivity index is 2.55. The number of rotatable bonds is 4. The average Bonchev–Trinajstić information content (AvgIpc) is 2.43. The van der Waals surface area contributed by atoms with E-state index in [1.807, 2.05) is 13.0 Å². The summed E-state index contributed by atoms with van der Waals surface area (Å²) in [5.74, 6) is -0.237. The first-order chi connectivity index (χ1) is 9.17. The minimum absolute atomic E-state index is 0.0965. The molecule has 0 aliphatic rings. The van der Waals surface area contributed by atoms with Crippen LogP contribution in [0.4, 0.5) is 0 Å². The monoisotopic (exact) mass is 260 g/mol. The van der Waals surface area contributed by atoms with Crippen molar-refractivity contribution in [3.63, 3.8) is 0 Å². The second-order valence-electron chi connectivity index (χ2n) is 4.20. The van der Waals surface area contributed by atoms with Crippen molar-refractivity contribution in [3.05, 3.63) is 46.2 Å². The Morgan fingerprint density at radius 3 is 2.79 bits per heavy atom. The lowest BCUT2D eigenvalue weighted by molar-refractivity contribution is 0.0734. The smallest absolute Gasteiger partial charge is 0.254 e. The van der Waals surface area contributed by atoms with Gasteiger partial charge in [-0.05, 0) is 13.0 Å². The number of carbonyl (C=O) groups is 1. The van der Waals surface area contributed by atoms with Gasteiger partial charge in [-0.1, -0.05) is 18.2 Å². The van der Waals surface area contributed by atoms with Crippen LogP contribution >= 0.6 is 0 Å². The molecule has 0 aliphatic heterocycles. The quantitative estimate of drug-likeness (QED) is 0.860. The second kappa shape index (κ2) is 5.67. The third-order valence-electron chi connectivity index (χ3n) is 3.02. The van der Waals surface area contributed by atoms with E-state index >= 15 is 0 Å². The number of likely N-dealkylation sites (N-methyl/N-ethyl adjacent to an activating group) is 1. The lowest BCUT2D eigenvalue weighted by Gasteiger charge is -2.20. The first kappa shape index (κ1) is 13.3. The van der Waals surface area contributed by atoms with Gasteiger partial charge in [0.2, 0.25) is 5.56 Å². The minimum atomic E-state index is -0.304. The second-order valence-corrected chi connectivity index (χ2v) is 4.20. The summed E-state index contributed by atoms with van der Waals surface area (Å²) in [5.41, 5.74) is 0.704. The molecular weight excluding hydrogens is 244 g/mol.